The maximum absolute atomic E-state index is 12.6. The number of nitrogens with one attached hydrogen (secondary N) is 2. The number of aromatic nitrogens is 2. The van der Waals surface area contributed by atoms with Gasteiger partial charge in [0.15, 0.2) is 16.6 Å². The van der Waals surface area contributed by atoms with Gasteiger partial charge in [-0.05, 0) is 6.07 Å². The summed E-state index contributed by atoms with van der Waals surface area (Å²) < 4.78 is 11.7. The van der Waals surface area contributed by atoms with Crippen LogP contribution in [0.2, 0.25) is 0 Å². The van der Waals surface area contributed by atoms with Crippen molar-refractivity contribution in [3.63, 3.8) is 0 Å². The zero-order valence-corrected chi connectivity index (χ0v) is 13.1. The van der Waals surface area contributed by atoms with Crippen LogP contribution >= 0.6 is 11.3 Å². The number of carbonyl (C=O) groups excluding carboxylic acids is 1. The lowest BCUT2D eigenvalue weighted by atomic mass is 10.2. The molecule has 1 aliphatic heterocycles. The molecule has 0 bridgehead atoms. The normalized spacial score (nSPS) is 12.8. The van der Waals surface area contributed by atoms with Crippen LogP contribution in [0.1, 0.15) is 10.4 Å². The summed E-state index contributed by atoms with van der Waals surface area (Å²) in [4.78, 5) is 20.1. The summed E-state index contributed by atoms with van der Waals surface area (Å²) >= 11 is 1.41. The van der Waals surface area contributed by atoms with Gasteiger partial charge in [0, 0.05) is 29.2 Å². The lowest BCUT2D eigenvalue weighted by Gasteiger charge is -1.99. The number of rotatable bonds is 2. The third kappa shape index (κ3) is 2.02. The smallest absolute Gasteiger partial charge is 0.259 e. The number of hydrogen-bond acceptors (Lipinski definition) is 5. The van der Waals surface area contributed by atoms with Crippen molar-refractivity contribution in [1.29, 1.82) is 0 Å². The summed E-state index contributed by atoms with van der Waals surface area (Å²) in [6, 6.07) is 11.4. The predicted molar refractivity (Wildman–Crippen MR) is 92.0 cm³/mol. The van der Waals surface area contributed by atoms with Crippen LogP contribution in [-0.4, -0.2) is 22.7 Å². The number of para-hydroxylation sites is 1. The number of thiazole rings is 1. The first-order valence-corrected chi connectivity index (χ1v) is 8.17. The van der Waals surface area contributed by atoms with E-state index >= 15 is 0 Å². The van der Waals surface area contributed by atoms with Crippen molar-refractivity contribution >= 4 is 43.5 Å². The van der Waals surface area contributed by atoms with Crippen LogP contribution in [0.4, 0.5) is 5.13 Å². The van der Waals surface area contributed by atoms with Crippen LogP contribution in [0, 0.1) is 0 Å². The molecule has 2 N–H and O–H groups in total. The lowest BCUT2D eigenvalue weighted by molar-refractivity contribution is 0.102. The van der Waals surface area contributed by atoms with E-state index in [2.05, 4.69) is 15.3 Å². The Labute approximate surface area is 140 Å². The minimum absolute atomic E-state index is 0.188. The van der Waals surface area contributed by atoms with Gasteiger partial charge in [0.05, 0.1) is 15.8 Å². The van der Waals surface area contributed by atoms with Gasteiger partial charge in [0.2, 0.25) is 6.79 Å². The van der Waals surface area contributed by atoms with Gasteiger partial charge >= 0.3 is 0 Å². The molecule has 0 spiro atoms. The number of aromatic amines is 1. The van der Waals surface area contributed by atoms with Gasteiger partial charge in [-0.15, -0.1) is 0 Å². The first-order valence-electron chi connectivity index (χ1n) is 7.35. The molecule has 0 radical (unpaired) electrons. The molecule has 0 unspecified atom stereocenters. The standard InChI is InChI=1S/C17H11N3O3S/c21-16(10-7-18-11-4-2-1-3-9(10)11)20-17-19-12-5-13-14(23-8-22-13)6-15(12)24-17/h1-7,18H,8H2,(H,19,20,21). The second kappa shape index (κ2) is 4.97. The van der Waals surface area contributed by atoms with Gasteiger partial charge in [-0.1, -0.05) is 29.5 Å². The Bertz CT molecular complexity index is 1060. The molecule has 0 saturated carbocycles. The average molecular weight is 337 g/mol. The Hall–Kier alpha value is -3.06. The Kier molecular flexibility index (Phi) is 2.77. The molecule has 2 aromatic heterocycles. The molecule has 1 amide bonds. The molecular weight excluding hydrogens is 326 g/mol. The Morgan fingerprint density at radius 1 is 1.21 bits per heavy atom. The molecule has 118 valence electrons. The Balaban J connectivity index is 1.49. The number of ether oxygens (including phenoxy) is 2. The highest BCUT2D eigenvalue weighted by molar-refractivity contribution is 7.22. The van der Waals surface area contributed by atoms with E-state index in [1.165, 1.54) is 11.3 Å². The zero-order chi connectivity index (χ0) is 16.1. The SMILES string of the molecule is O=C(Nc1nc2cc3c(cc2s1)OCO3)c1c[nH]c2ccccc12. The molecule has 24 heavy (non-hydrogen) atoms. The number of H-pyrrole nitrogens is 1. The topological polar surface area (TPSA) is 76.2 Å². The van der Waals surface area contributed by atoms with Crippen molar-refractivity contribution in [3.8, 4) is 11.5 Å². The van der Waals surface area contributed by atoms with Crippen LogP contribution in [-0.2, 0) is 0 Å². The predicted octanol–water partition coefficient (Wildman–Crippen LogP) is 3.76. The van der Waals surface area contributed by atoms with Gasteiger partial charge in [0.1, 0.15) is 0 Å². The molecule has 6 nitrogen and oxygen atoms in total. The van der Waals surface area contributed by atoms with E-state index in [9.17, 15) is 4.79 Å². The van der Waals surface area contributed by atoms with Crippen molar-refractivity contribution in [2.75, 3.05) is 12.1 Å². The molecule has 1 aliphatic rings. The van der Waals surface area contributed by atoms with Crippen LogP contribution < -0.4 is 14.8 Å². The van der Waals surface area contributed by atoms with E-state index < -0.39 is 0 Å². The van der Waals surface area contributed by atoms with E-state index in [4.69, 9.17) is 9.47 Å². The monoisotopic (exact) mass is 337 g/mol. The summed E-state index contributed by atoms with van der Waals surface area (Å²) in [5.41, 5.74) is 2.30. The Morgan fingerprint density at radius 2 is 2.04 bits per heavy atom. The zero-order valence-electron chi connectivity index (χ0n) is 12.3. The van der Waals surface area contributed by atoms with Gasteiger partial charge in [-0.2, -0.15) is 0 Å². The van der Waals surface area contributed by atoms with Gasteiger partial charge in [0.25, 0.3) is 5.91 Å². The molecule has 4 aromatic rings. The van der Waals surface area contributed by atoms with E-state index in [1.807, 2.05) is 36.4 Å². The summed E-state index contributed by atoms with van der Waals surface area (Å²) in [6.07, 6.45) is 1.71. The van der Waals surface area contributed by atoms with Crippen molar-refractivity contribution < 1.29 is 14.3 Å². The molecule has 3 heterocycles. The second-order valence-electron chi connectivity index (χ2n) is 5.39. The third-order valence-corrected chi connectivity index (χ3v) is 4.87. The molecule has 5 rings (SSSR count). The summed E-state index contributed by atoms with van der Waals surface area (Å²) in [6.45, 7) is 0.233. The first-order chi connectivity index (χ1) is 11.8. The van der Waals surface area contributed by atoms with E-state index in [0.717, 1.165) is 21.1 Å². The number of amides is 1. The number of nitrogens with zero attached hydrogens (tertiary/aromatic N) is 1. The molecule has 0 fully saturated rings. The maximum atomic E-state index is 12.6. The summed E-state index contributed by atoms with van der Waals surface area (Å²) in [5.74, 6) is 1.20. The molecule has 0 saturated heterocycles. The van der Waals surface area contributed by atoms with Crippen molar-refractivity contribution in [1.82, 2.24) is 9.97 Å². The average Bonchev–Trinajstić information content (AvgIpc) is 3.29. The molecule has 2 aromatic carbocycles. The minimum atomic E-state index is -0.188. The van der Waals surface area contributed by atoms with Crippen molar-refractivity contribution in [3.05, 3.63) is 48.2 Å². The highest BCUT2D eigenvalue weighted by Gasteiger charge is 2.18. The van der Waals surface area contributed by atoms with E-state index in [0.29, 0.717) is 22.2 Å². The number of carbonyl (C=O) groups is 1. The highest BCUT2D eigenvalue weighted by Crippen LogP contribution is 2.39. The number of hydrogen-bond donors (Lipinski definition) is 2. The van der Waals surface area contributed by atoms with Crippen molar-refractivity contribution in [2.45, 2.75) is 0 Å². The molecular formula is C17H11N3O3S. The fraction of sp³-hybridized carbons (Fsp3) is 0.0588. The minimum Gasteiger partial charge on any atom is -0.454 e. The maximum Gasteiger partial charge on any atom is 0.259 e. The van der Waals surface area contributed by atoms with E-state index in [1.54, 1.807) is 6.20 Å². The number of anilines is 1. The van der Waals surface area contributed by atoms with Crippen LogP contribution in [0.3, 0.4) is 0 Å². The quantitative estimate of drug-likeness (QED) is 0.584. The number of fused-ring (bicyclic) bond motifs is 3. The summed E-state index contributed by atoms with van der Waals surface area (Å²) in [5, 5.41) is 4.30. The van der Waals surface area contributed by atoms with Crippen LogP contribution in [0.5, 0.6) is 11.5 Å². The van der Waals surface area contributed by atoms with E-state index in [-0.39, 0.29) is 12.7 Å². The largest absolute Gasteiger partial charge is 0.454 e. The fourth-order valence-electron chi connectivity index (χ4n) is 2.80. The Morgan fingerprint density at radius 3 is 2.96 bits per heavy atom. The highest BCUT2D eigenvalue weighted by atomic mass is 32.1. The first kappa shape index (κ1) is 13.4. The van der Waals surface area contributed by atoms with Gasteiger partial charge in [-0.3, -0.25) is 10.1 Å². The molecule has 7 heteroatoms. The third-order valence-electron chi connectivity index (χ3n) is 3.94. The number of benzene rings is 2. The lowest BCUT2D eigenvalue weighted by Crippen LogP contribution is -2.10. The molecule has 0 aliphatic carbocycles. The second-order valence-corrected chi connectivity index (χ2v) is 6.42. The molecule has 0 atom stereocenters. The van der Waals surface area contributed by atoms with Crippen LogP contribution in [0.25, 0.3) is 21.1 Å². The fourth-order valence-corrected chi connectivity index (χ4v) is 3.67. The van der Waals surface area contributed by atoms with Crippen molar-refractivity contribution in [2.24, 2.45) is 0 Å². The van der Waals surface area contributed by atoms with Gasteiger partial charge < -0.3 is 14.5 Å². The van der Waals surface area contributed by atoms with Crippen LogP contribution in [0.15, 0.2) is 42.6 Å². The van der Waals surface area contributed by atoms with Gasteiger partial charge in [-0.25, -0.2) is 4.98 Å². The summed E-state index contributed by atoms with van der Waals surface area (Å²) in [7, 11) is 0.